The van der Waals surface area contributed by atoms with Crippen LogP contribution in [0.25, 0.3) is 11.3 Å². The van der Waals surface area contributed by atoms with Gasteiger partial charge in [0.2, 0.25) is 0 Å². The summed E-state index contributed by atoms with van der Waals surface area (Å²) in [6, 6.07) is 9.01. The van der Waals surface area contributed by atoms with Gasteiger partial charge in [-0.15, -0.1) is 0 Å². The monoisotopic (exact) mass is 482 g/mol. The molecule has 7 nitrogen and oxygen atoms in total. The molecular formula is C22H22ClF3N4O3. The second-order valence-electron chi connectivity index (χ2n) is 7.03. The number of aromatic nitrogens is 2. The van der Waals surface area contributed by atoms with Crippen molar-refractivity contribution >= 4 is 23.2 Å². The topological polar surface area (TPSA) is 88.4 Å². The van der Waals surface area contributed by atoms with Crippen molar-refractivity contribution in [3.8, 4) is 17.0 Å². The molecule has 0 unspecified atom stereocenters. The molecule has 0 aliphatic heterocycles. The Balaban J connectivity index is 1.86. The number of benzene rings is 2. The van der Waals surface area contributed by atoms with E-state index in [2.05, 4.69) is 15.7 Å². The van der Waals surface area contributed by atoms with Crippen molar-refractivity contribution in [2.45, 2.75) is 6.18 Å². The third-order valence-corrected chi connectivity index (χ3v) is 4.94. The second-order valence-corrected chi connectivity index (χ2v) is 7.44. The molecule has 0 aliphatic carbocycles. The fourth-order valence-electron chi connectivity index (χ4n) is 3.11. The van der Waals surface area contributed by atoms with Gasteiger partial charge in [-0.1, -0.05) is 17.7 Å². The Hall–Kier alpha value is -3.08. The maximum atomic E-state index is 13.0. The van der Waals surface area contributed by atoms with Crippen LogP contribution in [0.3, 0.4) is 0 Å². The van der Waals surface area contributed by atoms with Crippen LogP contribution in [0.15, 0.2) is 48.7 Å². The summed E-state index contributed by atoms with van der Waals surface area (Å²) in [7, 11) is 1.70. The number of hydrogen-bond donors (Lipinski definition) is 3. The van der Waals surface area contributed by atoms with Gasteiger partial charge in [-0.25, -0.2) is 0 Å². The summed E-state index contributed by atoms with van der Waals surface area (Å²) in [5.41, 5.74) is 0.404. The van der Waals surface area contributed by atoms with Gasteiger partial charge in [0.1, 0.15) is 12.4 Å². The van der Waals surface area contributed by atoms with Crippen molar-refractivity contribution in [1.82, 2.24) is 15.1 Å². The predicted molar refractivity (Wildman–Crippen MR) is 119 cm³/mol. The van der Waals surface area contributed by atoms with Crippen LogP contribution in [0.2, 0.25) is 5.02 Å². The first kappa shape index (κ1) is 24.6. The molecule has 3 aromatic rings. The Kier molecular flexibility index (Phi) is 7.96. The molecule has 11 heteroatoms. The van der Waals surface area contributed by atoms with Crippen LogP contribution in [0.4, 0.5) is 18.9 Å². The molecule has 1 aromatic heterocycles. The summed E-state index contributed by atoms with van der Waals surface area (Å²) >= 11 is 6.30. The number of amides is 1. The number of aryl methyl sites for hydroxylation is 1. The lowest BCUT2D eigenvalue weighted by atomic mass is 10.1. The zero-order valence-corrected chi connectivity index (χ0v) is 18.4. The molecule has 1 amide bonds. The van der Waals surface area contributed by atoms with E-state index >= 15 is 0 Å². The first-order valence-corrected chi connectivity index (χ1v) is 10.3. The number of aliphatic hydroxyl groups is 1. The van der Waals surface area contributed by atoms with Gasteiger partial charge in [-0.3, -0.25) is 9.48 Å². The van der Waals surface area contributed by atoms with Crippen LogP contribution >= 0.6 is 11.6 Å². The van der Waals surface area contributed by atoms with E-state index in [1.165, 1.54) is 18.3 Å². The Morgan fingerprint density at radius 3 is 2.67 bits per heavy atom. The standard InChI is InChI=1S/C22H22ClF3N4O3/c1-30-20(18(23)13-28-30)17-12-16(5-6-19(17)33-10-8-27-7-9-31)29-21(32)14-3-2-4-15(11-14)22(24,25)26/h2-6,11-13,27,31H,7-10H2,1H3,(H,29,32). The molecule has 2 aromatic carbocycles. The molecule has 3 rings (SSSR count). The first-order chi connectivity index (χ1) is 15.7. The van der Waals surface area contributed by atoms with Crippen molar-refractivity contribution < 1.29 is 27.8 Å². The molecule has 0 fully saturated rings. The molecule has 33 heavy (non-hydrogen) atoms. The van der Waals surface area contributed by atoms with Gasteiger partial charge in [0.25, 0.3) is 5.91 Å². The average Bonchev–Trinajstić information content (AvgIpc) is 3.11. The van der Waals surface area contributed by atoms with Crippen LogP contribution < -0.4 is 15.4 Å². The van der Waals surface area contributed by atoms with E-state index < -0.39 is 17.6 Å². The molecule has 0 aliphatic rings. The third kappa shape index (κ3) is 6.25. The number of ether oxygens (including phenoxy) is 1. The third-order valence-electron chi connectivity index (χ3n) is 4.66. The van der Waals surface area contributed by atoms with Crippen LogP contribution in [0.5, 0.6) is 5.75 Å². The molecule has 3 N–H and O–H groups in total. The van der Waals surface area contributed by atoms with Gasteiger partial charge >= 0.3 is 6.18 Å². The lowest BCUT2D eigenvalue weighted by Gasteiger charge is -2.15. The lowest BCUT2D eigenvalue weighted by Crippen LogP contribution is -2.24. The van der Waals surface area contributed by atoms with E-state index in [9.17, 15) is 18.0 Å². The van der Waals surface area contributed by atoms with Gasteiger partial charge < -0.3 is 20.5 Å². The number of hydrogen-bond acceptors (Lipinski definition) is 5. The van der Waals surface area contributed by atoms with Gasteiger partial charge in [0.15, 0.2) is 0 Å². The van der Waals surface area contributed by atoms with Gasteiger partial charge in [-0.05, 0) is 36.4 Å². The van der Waals surface area contributed by atoms with E-state index in [1.54, 1.807) is 29.9 Å². The summed E-state index contributed by atoms with van der Waals surface area (Å²) in [6.07, 6.45) is -3.08. The highest BCUT2D eigenvalue weighted by molar-refractivity contribution is 6.33. The Morgan fingerprint density at radius 2 is 2.00 bits per heavy atom. The zero-order chi connectivity index (χ0) is 24.0. The fourth-order valence-corrected chi connectivity index (χ4v) is 3.38. The number of nitrogens with one attached hydrogen (secondary N) is 2. The number of anilines is 1. The molecular weight excluding hydrogens is 461 g/mol. The number of halogens is 4. The molecule has 0 spiro atoms. The highest BCUT2D eigenvalue weighted by atomic mass is 35.5. The molecule has 1 heterocycles. The van der Waals surface area contributed by atoms with Crippen molar-refractivity contribution in [2.75, 3.05) is 31.6 Å². The highest BCUT2D eigenvalue weighted by Crippen LogP contribution is 2.37. The van der Waals surface area contributed by atoms with Gasteiger partial charge in [-0.2, -0.15) is 18.3 Å². The summed E-state index contributed by atoms with van der Waals surface area (Å²) in [6.45, 7) is 1.24. The first-order valence-electron chi connectivity index (χ1n) is 9.95. The second kappa shape index (κ2) is 10.7. The van der Waals surface area contributed by atoms with Gasteiger partial charge in [0, 0.05) is 37.0 Å². The van der Waals surface area contributed by atoms with Gasteiger partial charge in [0.05, 0.1) is 29.1 Å². The number of carbonyl (C=O) groups is 1. The van der Waals surface area contributed by atoms with Crippen molar-refractivity contribution in [3.05, 3.63) is 64.8 Å². The van der Waals surface area contributed by atoms with Crippen LogP contribution in [-0.2, 0) is 13.2 Å². The Labute approximate surface area is 193 Å². The molecule has 176 valence electrons. The molecule has 0 bridgehead atoms. The minimum Gasteiger partial charge on any atom is -0.492 e. The van der Waals surface area contributed by atoms with E-state index in [4.69, 9.17) is 21.4 Å². The molecule has 0 atom stereocenters. The van der Waals surface area contributed by atoms with E-state index in [0.717, 1.165) is 12.1 Å². The molecule has 0 radical (unpaired) electrons. The van der Waals surface area contributed by atoms with E-state index in [1.807, 2.05) is 0 Å². The van der Waals surface area contributed by atoms with Crippen molar-refractivity contribution in [2.24, 2.45) is 7.05 Å². The minimum atomic E-state index is -4.55. The average molecular weight is 483 g/mol. The fraction of sp³-hybridized carbons (Fsp3) is 0.273. The maximum Gasteiger partial charge on any atom is 0.416 e. The number of carbonyl (C=O) groups excluding carboxylic acids is 1. The van der Waals surface area contributed by atoms with Crippen molar-refractivity contribution in [3.63, 3.8) is 0 Å². The number of alkyl halides is 3. The molecule has 0 saturated carbocycles. The van der Waals surface area contributed by atoms with Crippen LogP contribution in [0, 0.1) is 0 Å². The summed E-state index contributed by atoms with van der Waals surface area (Å²) < 4.78 is 46.3. The van der Waals surface area contributed by atoms with Crippen LogP contribution in [-0.4, -0.2) is 47.1 Å². The van der Waals surface area contributed by atoms with E-state index in [0.29, 0.717) is 47.4 Å². The van der Waals surface area contributed by atoms with Crippen LogP contribution in [0.1, 0.15) is 15.9 Å². The zero-order valence-electron chi connectivity index (χ0n) is 17.6. The normalized spacial score (nSPS) is 11.5. The van der Waals surface area contributed by atoms with Crippen molar-refractivity contribution in [1.29, 1.82) is 0 Å². The number of rotatable bonds is 9. The maximum absolute atomic E-state index is 13.0. The number of aliphatic hydroxyl groups excluding tert-OH is 1. The predicted octanol–water partition coefficient (Wildman–Crippen LogP) is 3.97. The minimum absolute atomic E-state index is 0.0101. The Morgan fingerprint density at radius 1 is 1.21 bits per heavy atom. The highest BCUT2D eigenvalue weighted by Gasteiger charge is 2.31. The smallest absolute Gasteiger partial charge is 0.416 e. The SMILES string of the molecule is Cn1ncc(Cl)c1-c1cc(NC(=O)c2cccc(C(F)(F)F)c2)ccc1OCCNCCO. The van der Waals surface area contributed by atoms with E-state index in [-0.39, 0.29) is 12.2 Å². The number of nitrogens with zero attached hydrogens (tertiary/aromatic N) is 2. The lowest BCUT2D eigenvalue weighted by molar-refractivity contribution is -0.137. The largest absolute Gasteiger partial charge is 0.492 e. The quantitative estimate of drug-likeness (QED) is 0.402. The summed E-state index contributed by atoms with van der Waals surface area (Å²) in [4.78, 5) is 12.6. The summed E-state index contributed by atoms with van der Waals surface area (Å²) in [5.74, 6) is -0.214. The Bertz CT molecular complexity index is 1100. The molecule has 0 saturated heterocycles. The summed E-state index contributed by atoms with van der Waals surface area (Å²) in [5, 5.41) is 18.9.